The monoisotopic (exact) mass is 515 g/mol. The Morgan fingerprint density at radius 3 is 1.86 bits per heavy atom. The number of nitrogens with zero attached hydrogens (tertiary/aromatic N) is 5. The summed E-state index contributed by atoms with van der Waals surface area (Å²) in [6.45, 7) is 5.11. The summed E-state index contributed by atoms with van der Waals surface area (Å²) in [5, 5.41) is 8.70. The number of benzene rings is 1. The number of morpholine rings is 1. The van der Waals surface area contributed by atoms with Crippen LogP contribution in [-0.4, -0.2) is 75.4 Å². The number of rotatable bonds is 4. The summed E-state index contributed by atoms with van der Waals surface area (Å²) in [5.74, 6) is 1.63. The van der Waals surface area contributed by atoms with Gasteiger partial charge in [-0.3, -0.25) is 0 Å². The Labute approximate surface area is 178 Å². The SMILES string of the molecule is O=S(=O)(c1ccc(I)cc1)N1CCN(c2ccc(N3CCOCC3)nn2)CC1. The summed E-state index contributed by atoms with van der Waals surface area (Å²) in [6, 6.07) is 10.9. The molecule has 0 N–H and O–H groups in total. The van der Waals surface area contributed by atoms with Gasteiger partial charge in [-0.1, -0.05) is 0 Å². The molecule has 2 aliphatic rings. The number of sulfonamides is 1. The van der Waals surface area contributed by atoms with E-state index in [0.29, 0.717) is 44.3 Å². The number of piperazine rings is 1. The third-order valence-electron chi connectivity index (χ3n) is 4.99. The van der Waals surface area contributed by atoms with Crippen LogP contribution in [0.2, 0.25) is 0 Å². The van der Waals surface area contributed by atoms with E-state index in [0.717, 1.165) is 28.3 Å². The molecule has 0 amide bonds. The predicted molar refractivity (Wildman–Crippen MR) is 115 cm³/mol. The lowest BCUT2D eigenvalue weighted by Gasteiger charge is -2.34. The second-order valence-electron chi connectivity index (χ2n) is 6.69. The van der Waals surface area contributed by atoms with Gasteiger partial charge in [0, 0.05) is 42.8 Å². The number of ether oxygens (including phenoxy) is 1. The summed E-state index contributed by atoms with van der Waals surface area (Å²) in [5.41, 5.74) is 0. The highest BCUT2D eigenvalue weighted by Gasteiger charge is 2.29. The van der Waals surface area contributed by atoms with Crippen molar-refractivity contribution >= 4 is 44.2 Å². The number of aromatic nitrogens is 2. The van der Waals surface area contributed by atoms with Crippen molar-refractivity contribution in [3.05, 3.63) is 40.0 Å². The second kappa shape index (κ2) is 8.47. The van der Waals surface area contributed by atoms with Crippen molar-refractivity contribution in [1.82, 2.24) is 14.5 Å². The van der Waals surface area contributed by atoms with E-state index in [4.69, 9.17) is 4.74 Å². The first kappa shape index (κ1) is 19.8. The van der Waals surface area contributed by atoms with Crippen molar-refractivity contribution in [2.45, 2.75) is 4.90 Å². The van der Waals surface area contributed by atoms with Crippen molar-refractivity contribution in [2.24, 2.45) is 0 Å². The van der Waals surface area contributed by atoms with Crippen LogP contribution in [0, 0.1) is 3.57 Å². The molecule has 2 aromatic rings. The Bertz CT molecular complexity index is 894. The van der Waals surface area contributed by atoms with E-state index in [-0.39, 0.29) is 0 Å². The molecule has 10 heteroatoms. The lowest BCUT2D eigenvalue weighted by Crippen LogP contribution is -2.49. The summed E-state index contributed by atoms with van der Waals surface area (Å²) in [4.78, 5) is 4.58. The fourth-order valence-electron chi connectivity index (χ4n) is 3.36. The summed E-state index contributed by atoms with van der Waals surface area (Å²) >= 11 is 2.17. The Balaban J connectivity index is 1.39. The molecular weight excluding hydrogens is 493 g/mol. The summed E-state index contributed by atoms with van der Waals surface area (Å²) in [7, 11) is -3.46. The van der Waals surface area contributed by atoms with Crippen LogP contribution in [0.25, 0.3) is 0 Å². The molecule has 1 aromatic heterocycles. The third kappa shape index (κ3) is 4.24. The van der Waals surface area contributed by atoms with Gasteiger partial charge in [-0.25, -0.2) is 8.42 Å². The standard InChI is InChI=1S/C18H22IN5O3S/c19-15-1-3-16(4-2-15)28(25,26)24-9-7-22(8-10-24)17-5-6-18(21-20-17)23-11-13-27-14-12-23/h1-6H,7-14H2. The molecule has 3 heterocycles. The highest BCUT2D eigenvalue weighted by Crippen LogP contribution is 2.21. The van der Waals surface area contributed by atoms with Gasteiger partial charge in [0.25, 0.3) is 0 Å². The second-order valence-corrected chi connectivity index (χ2v) is 9.88. The Kier molecular flexibility index (Phi) is 5.99. The molecule has 2 aliphatic heterocycles. The van der Waals surface area contributed by atoms with Crippen molar-refractivity contribution in [2.75, 3.05) is 62.3 Å². The third-order valence-corrected chi connectivity index (χ3v) is 7.62. The number of halogens is 1. The maximum absolute atomic E-state index is 12.8. The summed E-state index contributed by atoms with van der Waals surface area (Å²) < 4.78 is 33.6. The minimum absolute atomic E-state index is 0.344. The fourth-order valence-corrected chi connectivity index (χ4v) is 5.14. The van der Waals surface area contributed by atoms with E-state index >= 15 is 0 Å². The van der Waals surface area contributed by atoms with Gasteiger partial charge >= 0.3 is 0 Å². The van der Waals surface area contributed by atoms with Crippen molar-refractivity contribution in [3.8, 4) is 0 Å². The van der Waals surface area contributed by atoms with Gasteiger partial charge in [0.2, 0.25) is 10.0 Å². The molecule has 8 nitrogen and oxygen atoms in total. The quantitative estimate of drug-likeness (QED) is 0.571. The van der Waals surface area contributed by atoms with Gasteiger partial charge in [-0.05, 0) is 59.0 Å². The Morgan fingerprint density at radius 2 is 1.32 bits per heavy atom. The maximum atomic E-state index is 12.8. The van der Waals surface area contributed by atoms with E-state index in [1.54, 1.807) is 16.4 Å². The lowest BCUT2D eigenvalue weighted by molar-refractivity contribution is 0.122. The highest BCUT2D eigenvalue weighted by molar-refractivity contribution is 14.1. The predicted octanol–water partition coefficient (Wildman–Crippen LogP) is 1.43. The maximum Gasteiger partial charge on any atom is 0.243 e. The molecular formula is C18H22IN5O3S. The van der Waals surface area contributed by atoms with E-state index in [1.165, 1.54) is 0 Å². The molecule has 0 saturated carbocycles. The molecule has 0 radical (unpaired) electrons. The number of anilines is 2. The Hall–Kier alpha value is -1.50. The molecule has 28 heavy (non-hydrogen) atoms. The Morgan fingerprint density at radius 1 is 0.786 bits per heavy atom. The fraction of sp³-hybridized carbons (Fsp3) is 0.444. The first-order valence-corrected chi connectivity index (χ1v) is 11.7. The van der Waals surface area contributed by atoms with E-state index in [2.05, 4.69) is 42.6 Å². The van der Waals surface area contributed by atoms with E-state index in [1.807, 2.05) is 24.3 Å². The van der Waals surface area contributed by atoms with Gasteiger partial charge < -0.3 is 14.5 Å². The summed E-state index contributed by atoms with van der Waals surface area (Å²) in [6.07, 6.45) is 0. The number of hydrogen-bond acceptors (Lipinski definition) is 7. The van der Waals surface area contributed by atoms with Crippen LogP contribution < -0.4 is 9.80 Å². The van der Waals surface area contributed by atoms with Gasteiger partial charge in [0.1, 0.15) is 0 Å². The van der Waals surface area contributed by atoms with Crippen molar-refractivity contribution in [1.29, 1.82) is 0 Å². The smallest absolute Gasteiger partial charge is 0.243 e. The van der Waals surface area contributed by atoms with Crippen LogP contribution in [0.4, 0.5) is 11.6 Å². The van der Waals surface area contributed by atoms with Gasteiger partial charge in [0.15, 0.2) is 11.6 Å². The molecule has 0 unspecified atom stereocenters. The topological polar surface area (TPSA) is 78.9 Å². The molecule has 2 fully saturated rings. The molecule has 0 bridgehead atoms. The minimum Gasteiger partial charge on any atom is -0.378 e. The zero-order chi connectivity index (χ0) is 19.6. The van der Waals surface area contributed by atoms with Crippen LogP contribution in [0.1, 0.15) is 0 Å². The normalized spacial score (nSPS) is 19.0. The van der Waals surface area contributed by atoms with Crippen LogP contribution >= 0.6 is 22.6 Å². The first-order chi connectivity index (χ1) is 13.5. The lowest BCUT2D eigenvalue weighted by atomic mass is 10.3. The average molecular weight is 515 g/mol. The molecule has 1 aromatic carbocycles. The highest BCUT2D eigenvalue weighted by atomic mass is 127. The van der Waals surface area contributed by atoms with Crippen LogP contribution in [0.3, 0.4) is 0 Å². The molecule has 0 aliphatic carbocycles. The van der Waals surface area contributed by atoms with Crippen LogP contribution in [0.5, 0.6) is 0 Å². The van der Waals surface area contributed by atoms with Gasteiger partial charge in [-0.2, -0.15) is 4.31 Å². The number of hydrogen-bond donors (Lipinski definition) is 0. The van der Waals surface area contributed by atoms with Crippen molar-refractivity contribution < 1.29 is 13.2 Å². The zero-order valence-corrected chi connectivity index (χ0v) is 18.3. The largest absolute Gasteiger partial charge is 0.378 e. The molecule has 4 rings (SSSR count). The average Bonchev–Trinajstić information content (AvgIpc) is 2.75. The molecule has 0 spiro atoms. The molecule has 150 valence electrons. The van der Waals surface area contributed by atoms with E-state index in [9.17, 15) is 8.42 Å². The minimum atomic E-state index is -3.46. The molecule has 2 saturated heterocycles. The van der Waals surface area contributed by atoms with E-state index < -0.39 is 10.0 Å². The van der Waals surface area contributed by atoms with Crippen LogP contribution in [0.15, 0.2) is 41.3 Å². The van der Waals surface area contributed by atoms with Gasteiger partial charge in [0.05, 0.1) is 18.1 Å². The van der Waals surface area contributed by atoms with Gasteiger partial charge in [-0.15, -0.1) is 10.2 Å². The van der Waals surface area contributed by atoms with Crippen molar-refractivity contribution in [3.63, 3.8) is 0 Å². The first-order valence-electron chi connectivity index (χ1n) is 9.21. The zero-order valence-electron chi connectivity index (χ0n) is 15.4. The molecule has 0 atom stereocenters. The van der Waals surface area contributed by atoms with Crippen LogP contribution in [-0.2, 0) is 14.8 Å².